The van der Waals surface area contributed by atoms with Crippen molar-refractivity contribution >= 4 is 5.91 Å². The van der Waals surface area contributed by atoms with E-state index in [1.165, 1.54) is 12.1 Å². The lowest BCUT2D eigenvalue weighted by Gasteiger charge is -2.05. The van der Waals surface area contributed by atoms with Crippen LogP contribution in [0.15, 0.2) is 48.7 Å². The van der Waals surface area contributed by atoms with Gasteiger partial charge in [-0.05, 0) is 24.3 Å². The molecule has 0 aliphatic carbocycles. The van der Waals surface area contributed by atoms with Crippen LogP contribution >= 0.6 is 0 Å². The van der Waals surface area contributed by atoms with Crippen LogP contribution in [0.25, 0.3) is 0 Å². The number of nitrogens with zero attached hydrogens (tertiary/aromatic N) is 1. The number of benzene rings is 1. The van der Waals surface area contributed by atoms with Crippen LogP contribution in [0.2, 0.25) is 0 Å². The standard InChI is InChI=1S/C14H13FN2O/c15-13-7-2-1-6-12(13)14(18)17-10-8-11-5-3-4-9-16-11/h1-7,9H,8,10H2,(H,17,18). The van der Waals surface area contributed by atoms with Crippen molar-refractivity contribution in [1.29, 1.82) is 0 Å². The normalized spacial score (nSPS) is 10.1. The molecule has 0 unspecified atom stereocenters. The second kappa shape index (κ2) is 5.91. The van der Waals surface area contributed by atoms with Crippen LogP contribution in [-0.2, 0) is 6.42 Å². The van der Waals surface area contributed by atoms with Gasteiger partial charge in [-0.2, -0.15) is 0 Å². The first-order chi connectivity index (χ1) is 8.77. The number of nitrogens with one attached hydrogen (secondary N) is 1. The third-order valence-electron chi connectivity index (χ3n) is 2.51. The van der Waals surface area contributed by atoms with E-state index in [-0.39, 0.29) is 5.56 Å². The van der Waals surface area contributed by atoms with Gasteiger partial charge >= 0.3 is 0 Å². The molecule has 0 spiro atoms. The van der Waals surface area contributed by atoms with Crippen molar-refractivity contribution in [3.8, 4) is 0 Å². The highest BCUT2D eigenvalue weighted by molar-refractivity contribution is 5.94. The van der Waals surface area contributed by atoms with Crippen molar-refractivity contribution in [2.45, 2.75) is 6.42 Å². The zero-order chi connectivity index (χ0) is 12.8. The van der Waals surface area contributed by atoms with Gasteiger partial charge in [0, 0.05) is 24.9 Å². The van der Waals surface area contributed by atoms with Crippen LogP contribution in [0.5, 0.6) is 0 Å². The molecule has 1 aromatic heterocycles. The minimum Gasteiger partial charge on any atom is -0.352 e. The Labute approximate surface area is 105 Å². The maximum Gasteiger partial charge on any atom is 0.254 e. The van der Waals surface area contributed by atoms with Gasteiger partial charge in [0.1, 0.15) is 5.82 Å². The van der Waals surface area contributed by atoms with Crippen LogP contribution in [0, 0.1) is 5.82 Å². The molecule has 0 atom stereocenters. The fraction of sp³-hybridized carbons (Fsp3) is 0.143. The first kappa shape index (κ1) is 12.2. The van der Waals surface area contributed by atoms with Crippen molar-refractivity contribution in [3.63, 3.8) is 0 Å². The molecule has 2 aromatic rings. The SMILES string of the molecule is O=C(NCCc1ccccn1)c1ccccc1F. The van der Waals surface area contributed by atoms with E-state index in [4.69, 9.17) is 0 Å². The number of hydrogen-bond donors (Lipinski definition) is 1. The minimum atomic E-state index is -0.507. The topological polar surface area (TPSA) is 42.0 Å². The zero-order valence-corrected chi connectivity index (χ0v) is 9.77. The second-order valence-electron chi connectivity index (χ2n) is 3.81. The predicted octanol–water partition coefficient (Wildman–Crippen LogP) is 2.19. The van der Waals surface area contributed by atoms with E-state index in [1.54, 1.807) is 18.3 Å². The molecule has 4 heteroatoms. The Morgan fingerprint density at radius 2 is 1.94 bits per heavy atom. The van der Waals surface area contributed by atoms with Gasteiger partial charge in [-0.3, -0.25) is 9.78 Å². The maximum atomic E-state index is 13.3. The molecule has 1 heterocycles. The Balaban J connectivity index is 1.88. The molecule has 0 bridgehead atoms. The summed E-state index contributed by atoms with van der Waals surface area (Å²) < 4.78 is 13.3. The van der Waals surface area contributed by atoms with E-state index in [2.05, 4.69) is 10.3 Å². The molecule has 3 nitrogen and oxygen atoms in total. The second-order valence-corrected chi connectivity index (χ2v) is 3.81. The highest BCUT2D eigenvalue weighted by Crippen LogP contribution is 2.05. The van der Waals surface area contributed by atoms with E-state index in [1.807, 2.05) is 18.2 Å². The molecule has 2 rings (SSSR count). The Morgan fingerprint density at radius 3 is 2.67 bits per heavy atom. The Morgan fingerprint density at radius 1 is 1.17 bits per heavy atom. The Hall–Kier alpha value is -2.23. The summed E-state index contributed by atoms with van der Waals surface area (Å²) in [6.07, 6.45) is 2.33. The van der Waals surface area contributed by atoms with E-state index in [0.29, 0.717) is 13.0 Å². The molecule has 1 N–H and O–H groups in total. The molecule has 0 radical (unpaired) electrons. The molecular formula is C14H13FN2O. The van der Waals surface area contributed by atoms with Gasteiger partial charge in [-0.25, -0.2) is 4.39 Å². The van der Waals surface area contributed by atoms with Crippen LogP contribution in [0.1, 0.15) is 16.1 Å². The summed E-state index contributed by atoms with van der Waals surface area (Å²) in [6, 6.07) is 11.5. The molecule has 0 aliphatic heterocycles. The van der Waals surface area contributed by atoms with Crippen LogP contribution in [0.3, 0.4) is 0 Å². The Kier molecular flexibility index (Phi) is 4.02. The summed E-state index contributed by atoms with van der Waals surface area (Å²) in [5.74, 6) is -0.906. The summed E-state index contributed by atoms with van der Waals surface area (Å²) in [6.45, 7) is 0.435. The van der Waals surface area contributed by atoms with Gasteiger partial charge in [-0.15, -0.1) is 0 Å². The average Bonchev–Trinajstić information content (AvgIpc) is 2.40. The molecular weight excluding hydrogens is 231 g/mol. The fourth-order valence-electron chi connectivity index (χ4n) is 1.59. The summed E-state index contributed by atoms with van der Waals surface area (Å²) in [4.78, 5) is 15.8. The predicted molar refractivity (Wildman–Crippen MR) is 66.7 cm³/mol. The molecule has 18 heavy (non-hydrogen) atoms. The monoisotopic (exact) mass is 244 g/mol. The van der Waals surface area contributed by atoms with Crippen molar-refractivity contribution in [2.24, 2.45) is 0 Å². The van der Waals surface area contributed by atoms with Gasteiger partial charge in [-0.1, -0.05) is 18.2 Å². The molecule has 0 saturated carbocycles. The first-order valence-electron chi connectivity index (χ1n) is 5.70. The molecule has 0 aliphatic rings. The fourth-order valence-corrected chi connectivity index (χ4v) is 1.59. The third kappa shape index (κ3) is 3.13. The lowest BCUT2D eigenvalue weighted by Crippen LogP contribution is -2.26. The van der Waals surface area contributed by atoms with E-state index >= 15 is 0 Å². The first-order valence-corrected chi connectivity index (χ1v) is 5.70. The number of pyridine rings is 1. The molecule has 1 amide bonds. The number of halogens is 1. The number of carbonyl (C=O) groups is 1. The molecule has 0 saturated heterocycles. The summed E-state index contributed by atoms with van der Waals surface area (Å²) in [7, 11) is 0. The number of aromatic nitrogens is 1. The average molecular weight is 244 g/mol. The van der Waals surface area contributed by atoms with Crippen LogP contribution in [0.4, 0.5) is 4.39 Å². The van der Waals surface area contributed by atoms with E-state index in [0.717, 1.165) is 5.69 Å². The summed E-state index contributed by atoms with van der Waals surface area (Å²) in [5, 5.41) is 2.67. The lowest BCUT2D eigenvalue weighted by molar-refractivity contribution is 0.0950. The van der Waals surface area contributed by atoms with Crippen molar-refractivity contribution in [2.75, 3.05) is 6.54 Å². The van der Waals surface area contributed by atoms with Gasteiger partial charge in [0.05, 0.1) is 5.56 Å². The number of amides is 1. The maximum absolute atomic E-state index is 13.3. The summed E-state index contributed by atoms with van der Waals surface area (Å²) in [5.41, 5.74) is 0.963. The Bertz CT molecular complexity index is 528. The zero-order valence-electron chi connectivity index (χ0n) is 9.77. The molecule has 0 fully saturated rings. The summed E-state index contributed by atoms with van der Waals surface area (Å²) >= 11 is 0. The van der Waals surface area contributed by atoms with Crippen molar-refractivity contribution < 1.29 is 9.18 Å². The van der Waals surface area contributed by atoms with Crippen LogP contribution < -0.4 is 5.32 Å². The minimum absolute atomic E-state index is 0.0681. The number of carbonyl (C=O) groups excluding carboxylic acids is 1. The number of hydrogen-bond acceptors (Lipinski definition) is 2. The number of rotatable bonds is 4. The van der Waals surface area contributed by atoms with Gasteiger partial charge in [0.15, 0.2) is 0 Å². The van der Waals surface area contributed by atoms with Crippen molar-refractivity contribution in [3.05, 3.63) is 65.7 Å². The highest BCUT2D eigenvalue weighted by atomic mass is 19.1. The van der Waals surface area contributed by atoms with Gasteiger partial charge in [0.25, 0.3) is 5.91 Å². The third-order valence-corrected chi connectivity index (χ3v) is 2.51. The van der Waals surface area contributed by atoms with E-state index in [9.17, 15) is 9.18 Å². The molecule has 92 valence electrons. The molecule has 1 aromatic carbocycles. The largest absolute Gasteiger partial charge is 0.352 e. The van der Waals surface area contributed by atoms with Gasteiger partial charge in [0.2, 0.25) is 0 Å². The van der Waals surface area contributed by atoms with E-state index < -0.39 is 11.7 Å². The highest BCUT2D eigenvalue weighted by Gasteiger charge is 2.09. The quantitative estimate of drug-likeness (QED) is 0.895. The van der Waals surface area contributed by atoms with Gasteiger partial charge < -0.3 is 5.32 Å². The smallest absolute Gasteiger partial charge is 0.254 e. The lowest BCUT2D eigenvalue weighted by atomic mass is 10.2. The van der Waals surface area contributed by atoms with Crippen LogP contribution in [-0.4, -0.2) is 17.4 Å². The van der Waals surface area contributed by atoms with Crippen molar-refractivity contribution in [1.82, 2.24) is 10.3 Å².